The molecule has 0 amide bonds. The number of rotatable bonds is 2. The Morgan fingerprint density at radius 2 is 2.50 bits per heavy atom. The highest BCUT2D eigenvalue weighted by Gasteiger charge is 1.75. The molecule has 0 fully saturated rings. The number of hydrogen-bond donors (Lipinski definition) is 0. The first-order chi connectivity index (χ1) is 3.77. The molecule has 0 heterocycles. The second-order valence-corrected chi connectivity index (χ2v) is 1.21. The molecule has 8 heavy (non-hydrogen) atoms. The van der Waals surface area contributed by atoms with Crippen molar-refractivity contribution in [1.82, 2.24) is 0 Å². The lowest BCUT2D eigenvalue weighted by atomic mass is 10.4. The smallest absolute Gasteiger partial charge is 0.115 e. The van der Waals surface area contributed by atoms with Crippen molar-refractivity contribution in [2.75, 3.05) is 0 Å². The van der Waals surface area contributed by atoms with Crippen LogP contribution in [-0.4, -0.2) is 0 Å². The Bertz CT molecular complexity index is 141. The first-order valence-corrected chi connectivity index (χ1v) is 2.15. The Hall–Kier alpha value is -1.10. The highest BCUT2D eigenvalue weighted by atomic mass is 19.1. The zero-order valence-electron chi connectivity index (χ0n) is 4.39. The number of nitriles is 1. The van der Waals surface area contributed by atoms with Crippen molar-refractivity contribution in [2.45, 2.75) is 6.42 Å². The van der Waals surface area contributed by atoms with Gasteiger partial charge in [0.1, 0.15) is 5.83 Å². The molecule has 0 N–H and O–H groups in total. The van der Waals surface area contributed by atoms with Gasteiger partial charge in [-0.15, -0.1) is 0 Å². The molecule has 0 aromatic heterocycles. The van der Waals surface area contributed by atoms with Crippen LogP contribution in [0, 0.1) is 11.3 Å². The van der Waals surface area contributed by atoms with Crippen LogP contribution in [0.15, 0.2) is 24.6 Å². The summed E-state index contributed by atoms with van der Waals surface area (Å²) in [5.41, 5.74) is 0. The summed E-state index contributed by atoms with van der Waals surface area (Å²) < 4.78 is 11.6. The minimum atomic E-state index is -0.514. The molecule has 0 aliphatic carbocycles. The Kier molecular flexibility index (Phi) is 3.51. The zero-order valence-corrected chi connectivity index (χ0v) is 4.39. The molecule has 0 saturated heterocycles. The third-order valence-electron chi connectivity index (χ3n) is 0.508. The molecular formula is C6H6FN. The van der Waals surface area contributed by atoms with E-state index in [2.05, 4.69) is 6.58 Å². The molecule has 0 radical (unpaired) electrons. The number of allylic oxidation sites excluding steroid dienone is 3. The van der Waals surface area contributed by atoms with Gasteiger partial charge in [-0.05, 0) is 6.08 Å². The molecular weight excluding hydrogens is 105 g/mol. The fraction of sp³-hybridized carbons (Fsp3) is 0.167. The maximum atomic E-state index is 11.6. The monoisotopic (exact) mass is 111 g/mol. The van der Waals surface area contributed by atoms with Gasteiger partial charge in [0.15, 0.2) is 0 Å². The summed E-state index contributed by atoms with van der Waals surface area (Å²) in [5, 5.41) is 7.93. The van der Waals surface area contributed by atoms with Crippen molar-refractivity contribution >= 4 is 0 Å². The average Bonchev–Trinajstić information content (AvgIpc) is 1.66. The van der Waals surface area contributed by atoms with Crippen LogP contribution in [0.3, 0.4) is 0 Å². The fourth-order valence-electron chi connectivity index (χ4n) is 0.240. The van der Waals surface area contributed by atoms with E-state index in [-0.39, 0.29) is 6.42 Å². The lowest BCUT2D eigenvalue weighted by Gasteiger charge is -1.74. The summed E-state index contributed by atoms with van der Waals surface area (Å²) in [6, 6.07) is 1.83. The third-order valence-corrected chi connectivity index (χ3v) is 0.508. The van der Waals surface area contributed by atoms with Crippen LogP contribution in [-0.2, 0) is 0 Å². The SMILES string of the molecule is C=C(F)/C=C\CC#N. The van der Waals surface area contributed by atoms with E-state index in [0.717, 1.165) is 0 Å². The van der Waals surface area contributed by atoms with Crippen molar-refractivity contribution < 1.29 is 4.39 Å². The van der Waals surface area contributed by atoms with Crippen molar-refractivity contribution in [3.05, 3.63) is 24.6 Å². The van der Waals surface area contributed by atoms with Crippen LogP contribution in [0.5, 0.6) is 0 Å². The first-order valence-electron chi connectivity index (χ1n) is 2.15. The second-order valence-electron chi connectivity index (χ2n) is 1.21. The molecule has 1 nitrogen and oxygen atoms in total. The van der Waals surface area contributed by atoms with E-state index < -0.39 is 5.83 Å². The minimum absolute atomic E-state index is 0.239. The van der Waals surface area contributed by atoms with Gasteiger partial charge in [-0.2, -0.15) is 5.26 Å². The van der Waals surface area contributed by atoms with Crippen LogP contribution in [0.1, 0.15) is 6.42 Å². The van der Waals surface area contributed by atoms with E-state index in [1.807, 2.05) is 6.07 Å². The Morgan fingerprint density at radius 3 is 2.88 bits per heavy atom. The molecule has 0 unspecified atom stereocenters. The molecule has 0 aromatic rings. The van der Waals surface area contributed by atoms with Crippen LogP contribution >= 0.6 is 0 Å². The normalized spacial score (nSPS) is 9.00. The van der Waals surface area contributed by atoms with Gasteiger partial charge in [0.2, 0.25) is 0 Å². The molecule has 42 valence electrons. The molecule has 0 atom stereocenters. The molecule has 0 saturated carbocycles. The number of hydrogen-bond acceptors (Lipinski definition) is 1. The molecule has 0 bridgehead atoms. The van der Waals surface area contributed by atoms with E-state index in [0.29, 0.717) is 0 Å². The molecule has 0 rings (SSSR count). The van der Waals surface area contributed by atoms with Gasteiger partial charge >= 0.3 is 0 Å². The third kappa shape index (κ3) is 4.90. The van der Waals surface area contributed by atoms with Crippen molar-refractivity contribution in [3.8, 4) is 6.07 Å². The van der Waals surface area contributed by atoms with E-state index in [9.17, 15) is 4.39 Å². The number of halogens is 1. The lowest BCUT2D eigenvalue weighted by Crippen LogP contribution is -1.58. The maximum absolute atomic E-state index is 11.6. The summed E-state index contributed by atoms with van der Waals surface area (Å²) >= 11 is 0. The summed E-state index contributed by atoms with van der Waals surface area (Å²) in [6.07, 6.45) is 2.83. The van der Waals surface area contributed by atoms with E-state index in [4.69, 9.17) is 5.26 Å². The van der Waals surface area contributed by atoms with Crippen LogP contribution < -0.4 is 0 Å². The van der Waals surface area contributed by atoms with Crippen molar-refractivity contribution in [3.63, 3.8) is 0 Å². The molecule has 0 aromatic carbocycles. The summed E-state index contributed by atoms with van der Waals surface area (Å²) in [4.78, 5) is 0. The van der Waals surface area contributed by atoms with Gasteiger partial charge < -0.3 is 0 Å². The molecule has 0 aliphatic heterocycles. The van der Waals surface area contributed by atoms with Gasteiger partial charge in [-0.1, -0.05) is 12.7 Å². The standard InChI is InChI=1S/C6H6FN/c1-6(7)4-2-3-5-8/h2,4H,1,3H2/b4-2-. The topological polar surface area (TPSA) is 23.8 Å². The van der Waals surface area contributed by atoms with E-state index in [1.54, 1.807) is 0 Å². The Labute approximate surface area is 47.7 Å². The number of nitrogens with zero attached hydrogens (tertiary/aromatic N) is 1. The summed E-state index contributed by atoms with van der Waals surface area (Å²) in [7, 11) is 0. The predicted octanol–water partition coefficient (Wildman–Crippen LogP) is 1.94. The van der Waals surface area contributed by atoms with Crippen molar-refractivity contribution in [1.29, 1.82) is 5.26 Å². The van der Waals surface area contributed by atoms with Gasteiger partial charge in [0.25, 0.3) is 0 Å². The van der Waals surface area contributed by atoms with Crippen LogP contribution in [0.4, 0.5) is 4.39 Å². The van der Waals surface area contributed by atoms with Gasteiger partial charge in [-0.25, -0.2) is 4.39 Å². The van der Waals surface area contributed by atoms with E-state index in [1.165, 1.54) is 12.2 Å². The highest BCUT2D eigenvalue weighted by molar-refractivity contribution is 5.07. The Morgan fingerprint density at radius 1 is 1.88 bits per heavy atom. The summed E-state index contributed by atoms with van der Waals surface area (Å²) in [5.74, 6) is -0.514. The lowest BCUT2D eigenvalue weighted by molar-refractivity contribution is 0.671. The quantitative estimate of drug-likeness (QED) is 0.499. The zero-order chi connectivity index (χ0) is 6.41. The van der Waals surface area contributed by atoms with Crippen molar-refractivity contribution in [2.24, 2.45) is 0 Å². The second kappa shape index (κ2) is 4.07. The predicted molar refractivity (Wildman–Crippen MR) is 29.6 cm³/mol. The van der Waals surface area contributed by atoms with E-state index >= 15 is 0 Å². The molecule has 0 aliphatic rings. The largest absolute Gasteiger partial charge is 0.208 e. The maximum Gasteiger partial charge on any atom is 0.115 e. The Balaban J connectivity index is 3.38. The molecule has 0 spiro atoms. The van der Waals surface area contributed by atoms with Crippen LogP contribution in [0.25, 0.3) is 0 Å². The first kappa shape index (κ1) is 6.90. The summed E-state index contributed by atoms with van der Waals surface area (Å²) in [6.45, 7) is 2.96. The average molecular weight is 111 g/mol. The van der Waals surface area contributed by atoms with Gasteiger partial charge in [0.05, 0.1) is 12.5 Å². The van der Waals surface area contributed by atoms with Gasteiger partial charge in [-0.3, -0.25) is 0 Å². The van der Waals surface area contributed by atoms with Gasteiger partial charge in [0, 0.05) is 0 Å². The van der Waals surface area contributed by atoms with Crippen LogP contribution in [0.2, 0.25) is 0 Å². The minimum Gasteiger partial charge on any atom is -0.208 e. The highest BCUT2D eigenvalue weighted by Crippen LogP contribution is 1.92. The fourth-order valence-corrected chi connectivity index (χ4v) is 0.240. The molecule has 2 heteroatoms.